The van der Waals surface area contributed by atoms with E-state index in [1.807, 2.05) is 32.0 Å². The average molecular weight is 265 g/mol. The molecule has 0 N–H and O–H groups in total. The van der Waals surface area contributed by atoms with Crippen molar-refractivity contribution in [1.29, 1.82) is 0 Å². The number of rotatable bonds is 3. The second kappa shape index (κ2) is 5.40. The Morgan fingerprint density at radius 3 is 2.56 bits per heavy atom. The second-order valence-electron chi connectivity index (χ2n) is 4.16. The molecule has 0 heterocycles. The molecule has 0 spiro atoms. The van der Waals surface area contributed by atoms with Gasteiger partial charge in [-0.2, -0.15) is 0 Å². The number of halogens is 2. The molecule has 0 radical (unpaired) electrons. The Morgan fingerprint density at radius 2 is 1.83 bits per heavy atom. The molecule has 0 atom stereocenters. The molecule has 2 rings (SSSR count). The van der Waals surface area contributed by atoms with Gasteiger partial charge in [0.2, 0.25) is 0 Å². The van der Waals surface area contributed by atoms with Crippen molar-refractivity contribution >= 4 is 11.6 Å². The fourth-order valence-corrected chi connectivity index (χ4v) is 1.93. The van der Waals surface area contributed by atoms with Crippen LogP contribution in [0.1, 0.15) is 16.7 Å². The van der Waals surface area contributed by atoms with Crippen LogP contribution in [0.15, 0.2) is 36.4 Å². The summed E-state index contributed by atoms with van der Waals surface area (Å²) in [6, 6.07) is 10.5. The van der Waals surface area contributed by atoms with Crippen molar-refractivity contribution < 1.29 is 9.13 Å². The number of alkyl halides is 1. The maximum atomic E-state index is 13.8. The average Bonchev–Trinajstić information content (AvgIpc) is 2.37. The van der Waals surface area contributed by atoms with Crippen molar-refractivity contribution in [3.8, 4) is 11.5 Å². The van der Waals surface area contributed by atoms with Gasteiger partial charge in [0.25, 0.3) is 0 Å². The lowest BCUT2D eigenvalue weighted by molar-refractivity contribution is 0.435. The fourth-order valence-electron chi connectivity index (χ4n) is 1.72. The Balaban J connectivity index is 2.43. The SMILES string of the molecule is Cc1cccc(Oc2c(F)cccc2CCl)c1C. The minimum absolute atomic E-state index is 0.209. The van der Waals surface area contributed by atoms with Gasteiger partial charge in [-0.15, -0.1) is 11.6 Å². The highest BCUT2D eigenvalue weighted by Gasteiger charge is 2.11. The summed E-state index contributed by atoms with van der Waals surface area (Å²) in [7, 11) is 0. The molecule has 2 aromatic rings. The topological polar surface area (TPSA) is 9.23 Å². The van der Waals surface area contributed by atoms with Gasteiger partial charge in [-0.1, -0.05) is 24.3 Å². The van der Waals surface area contributed by atoms with Crippen LogP contribution in [0.25, 0.3) is 0 Å². The van der Waals surface area contributed by atoms with Crippen molar-refractivity contribution in [2.75, 3.05) is 0 Å². The first-order chi connectivity index (χ1) is 8.63. The van der Waals surface area contributed by atoms with Gasteiger partial charge in [0.05, 0.1) is 5.88 Å². The standard InChI is InChI=1S/C15H14ClFO/c1-10-5-3-8-14(11(10)2)18-15-12(9-16)6-4-7-13(15)17/h3-8H,9H2,1-2H3. The largest absolute Gasteiger partial charge is 0.454 e. The quantitative estimate of drug-likeness (QED) is 0.711. The molecule has 0 aliphatic heterocycles. The normalized spacial score (nSPS) is 10.4. The Bertz CT molecular complexity index is 566. The highest BCUT2D eigenvalue weighted by Crippen LogP contribution is 2.32. The van der Waals surface area contributed by atoms with Crippen LogP contribution in [0.4, 0.5) is 4.39 Å². The van der Waals surface area contributed by atoms with Crippen molar-refractivity contribution in [1.82, 2.24) is 0 Å². The number of hydrogen-bond donors (Lipinski definition) is 0. The van der Waals surface area contributed by atoms with E-state index < -0.39 is 5.82 Å². The molecule has 0 fully saturated rings. The number of para-hydroxylation sites is 1. The third-order valence-electron chi connectivity index (χ3n) is 2.96. The van der Waals surface area contributed by atoms with E-state index in [1.165, 1.54) is 6.07 Å². The number of hydrogen-bond acceptors (Lipinski definition) is 1. The Morgan fingerprint density at radius 1 is 1.11 bits per heavy atom. The van der Waals surface area contributed by atoms with Crippen molar-refractivity contribution in [3.63, 3.8) is 0 Å². The second-order valence-corrected chi connectivity index (χ2v) is 4.43. The molecule has 0 saturated carbocycles. The smallest absolute Gasteiger partial charge is 0.167 e. The van der Waals surface area contributed by atoms with Crippen molar-refractivity contribution in [2.24, 2.45) is 0 Å². The van der Waals surface area contributed by atoms with Crippen molar-refractivity contribution in [2.45, 2.75) is 19.7 Å². The summed E-state index contributed by atoms with van der Waals surface area (Å²) in [5, 5.41) is 0. The van der Waals surface area contributed by atoms with Crippen LogP contribution in [0.2, 0.25) is 0 Å². The van der Waals surface area contributed by atoms with Gasteiger partial charge in [0.1, 0.15) is 5.75 Å². The van der Waals surface area contributed by atoms with E-state index in [2.05, 4.69) is 0 Å². The third kappa shape index (κ3) is 2.49. The van der Waals surface area contributed by atoms with Crippen LogP contribution < -0.4 is 4.74 Å². The summed E-state index contributed by atoms with van der Waals surface area (Å²) in [6.45, 7) is 3.94. The maximum absolute atomic E-state index is 13.8. The van der Waals surface area contributed by atoms with E-state index >= 15 is 0 Å². The highest BCUT2D eigenvalue weighted by molar-refractivity contribution is 6.17. The molecular formula is C15H14ClFO. The van der Waals surface area contributed by atoms with Crippen LogP contribution in [0.3, 0.4) is 0 Å². The number of benzene rings is 2. The van der Waals surface area contributed by atoms with Gasteiger partial charge in [-0.25, -0.2) is 4.39 Å². The van der Waals surface area contributed by atoms with Crippen LogP contribution in [0, 0.1) is 19.7 Å². The van der Waals surface area contributed by atoms with E-state index in [4.69, 9.17) is 16.3 Å². The van der Waals surface area contributed by atoms with E-state index in [0.717, 1.165) is 11.1 Å². The monoisotopic (exact) mass is 264 g/mol. The minimum atomic E-state index is -0.394. The van der Waals surface area contributed by atoms with Gasteiger partial charge >= 0.3 is 0 Å². The third-order valence-corrected chi connectivity index (χ3v) is 3.25. The summed E-state index contributed by atoms with van der Waals surface area (Å²) >= 11 is 5.79. The zero-order chi connectivity index (χ0) is 13.1. The lowest BCUT2D eigenvalue weighted by Gasteiger charge is -2.13. The predicted octanol–water partition coefficient (Wildman–Crippen LogP) is 4.97. The molecule has 0 saturated heterocycles. The molecule has 0 amide bonds. The lowest BCUT2D eigenvalue weighted by Crippen LogP contribution is -1.95. The van der Waals surface area contributed by atoms with Crippen molar-refractivity contribution in [3.05, 3.63) is 58.9 Å². The Hall–Kier alpha value is -1.54. The van der Waals surface area contributed by atoms with Crippen LogP contribution in [-0.2, 0) is 5.88 Å². The van der Waals surface area contributed by atoms with Gasteiger partial charge in [-0.05, 0) is 37.1 Å². The highest BCUT2D eigenvalue weighted by atomic mass is 35.5. The summed E-state index contributed by atoms with van der Waals surface area (Å²) in [4.78, 5) is 0. The van der Waals surface area contributed by atoms with Gasteiger partial charge in [0.15, 0.2) is 11.6 Å². The van der Waals surface area contributed by atoms with Crippen LogP contribution >= 0.6 is 11.6 Å². The maximum Gasteiger partial charge on any atom is 0.167 e. The summed E-state index contributed by atoms with van der Waals surface area (Å²) in [5.41, 5.74) is 2.76. The van der Waals surface area contributed by atoms with E-state index in [1.54, 1.807) is 12.1 Å². The number of ether oxygens (including phenoxy) is 1. The lowest BCUT2D eigenvalue weighted by atomic mass is 10.1. The summed E-state index contributed by atoms with van der Waals surface area (Å²) < 4.78 is 19.5. The molecular weight excluding hydrogens is 251 g/mol. The van der Waals surface area contributed by atoms with E-state index in [0.29, 0.717) is 11.3 Å². The van der Waals surface area contributed by atoms with Crippen LogP contribution in [-0.4, -0.2) is 0 Å². The number of aryl methyl sites for hydroxylation is 1. The minimum Gasteiger partial charge on any atom is -0.454 e. The molecule has 0 unspecified atom stereocenters. The molecule has 2 aromatic carbocycles. The summed E-state index contributed by atoms with van der Waals surface area (Å²) in [6.07, 6.45) is 0. The predicted molar refractivity (Wildman–Crippen MR) is 71.9 cm³/mol. The van der Waals surface area contributed by atoms with Gasteiger partial charge < -0.3 is 4.74 Å². The van der Waals surface area contributed by atoms with E-state index in [9.17, 15) is 4.39 Å². The van der Waals surface area contributed by atoms with Gasteiger partial charge in [0, 0.05) is 5.56 Å². The van der Waals surface area contributed by atoms with E-state index in [-0.39, 0.29) is 11.6 Å². The zero-order valence-corrected chi connectivity index (χ0v) is 11.1. The van der Waals surface area contributed by atoms with Crippen LogP contribution in [0.5, 0.6) is 11.5 Å². The first-order valence-electron chi connectivity index (χ1n) is 5.71. The molecule has 18 heavy (non-hydrogen) atoms. The molecule has 94 valence electrons. The first-order valence-corrected chi connectivity index (χ1v) is 6.24. The molecule has 0 aliphatic carbocycles. The summed E-state index contributed by atoms with van der Waals surface area (Å²) in [5.74, 6) is 0.694. The molecule has 0 aromatic heterocycles. The molecule has 1 nitrogen and oxygen atoms in total. The molecule has 0 aliphatic rings. The van der Waals surface area contributed by atoms with Gasteiger partial charge in [-0.3, -0.25) is 0 Å². The Kier molecular flexibility index (Phi) is 3.87. The molecule has 3 heteroatoms. The fraction of sp³-hybridized carbons (Fsp3) is 0.200. The zero-order valence-electron chi connectivity index (χ0n) is 10.3. The molecule has 0 bridgehead atoms. The first kappa shape index (κ1) is 12.9. The Labute approximate surface area is 111 Å².